The highest BCUT2D eigenvalue weighted by atomic mass is 32.2. The number of piperazine rings is 1. The van der Waals surface area contributed by atoms with Gasteiger partial charge in [0.2, 0.25) is 0 Å². The van der Waals surface area contributed by atoms with E-state index < -0.39 is 16.6 Å². The molecule has 1 saturated heterocycles. The molecule has 0 unspecified atom stereocenters. The molecule has 0 N–H and O–H groups in total. The van der Waals surface area contributed by atoms with Crippen LogP contribution in [0.5, 0.6) is 11.5 Å². The first-order valence-corrected chi connectivity index (χ1v) is 10.8. The molecule has 2 aromatic carbocycles. The molecule has 0 spiro atoms. The second-order valence-electron chi connectivity index (χ2n) is 6.97. The molecule has 1 aliphatic heterocycles. The van der Waals surface area contributed by atoms with E-state index in [9.17, 15) is 17.2 Å². The molecule has 10 heteroatoms. The predicted molar refractivity (Wildman–Crippen MR) is 111 cm³/mol. The molecule has 1 aliphatic rings. The van der Waals surface area contributed by atoms with Crippen LogP contribution >= 0.6 is 0 Å². The van der Waals surface area contributed by atoms with Crippen LogP contribution in [0.15, 0.2) is 47.4 Å². The topological polar surface area (TPSA) is 62.3 Å². The fourth-order valence-electron chi connectivity index (χ4n) is 3.26. The van der Waals surface area contributed by atoms with Crippen LogP contribution in [-0.4, -0.2) is 67.3 Å². The van der Waals surface area contributed by atoms with Gasteiger partial charge in [-0.2, -0.15) is 8.78 Å². The Kier molecular flexibility index (Phi) is 6.67. The van der Waals surface area contributed by atoms with E-state index in [0.29, 0.717) is 11.4 Å². The molecule has 0 atom stereocenters. The van der Waals surface area contributed by atoms with E-state index in [0.717, 1.165) is 36.2 Å². The summed E-state index contributed by atoms with van der Waals surface area (Å²) in [5.74, 6) is 0.566. The van der Waals surface area contributed by atoms with Gasteiger partial charge in [-0.1, -0.05) is 0 Å². The molecule has 30 heavy (non-hydrogen) atoms. The zero-order chi connectivity index (χ0) is 21.9. The molecule has 0 aliphatic carbocycles. The molecular weight excluding hydrogens is 416 g/mol. The summed E-state index contributed by atoms with van der Waals surface area (Å²) in [6, 6.07) is 10.1. The number of hydrogen-bond acceptors (Lipinski definition) is 6. The fraction of sp³-hybridized carbons (Fsp3) is 0.400. The van der Waals surface area contributed by atoms with Gasteiger partial charge >= 0.3 is 6.61 Å². The molecule has 2 aromatic rings. The van der Waals surface area contributed by atoms with Crippen molar-refractivity contribution < 1.29 is 26.7 Å². The second-order valence-corrected chi connectivity index (χ2v) is 8.94. The Bertz CT molecular complexity index is 963. The van der Waals surface area contributed by atoms with Crippen molar-refractivity contribution in [1.29, 1.82) is 0 Å². The number of ether oxygens (including phenoxy) is 2. The average molecular weight is 442 g/mol. The zero-order valence-corrected chi connectivity index (χ0v) is 17.9. The number of likely N-dealkylation sites (N-methyl/N-ethyl adjacent to an activating group) is 1. The van der Waals surface area contributed by atoms with E-state index in [2.05, 4.69) is 21.6 Å². The van der Waals surface area contributed by atoms with Crippen molar-refractivity contribution >= 4 is 21.4 Å². The Morgan fingerprint density at radius 3 is 2.23 bits per heavy atom. The zero-order valence-electron chi connectivity index (χ0n) is 17.1. The molecule has 0 amide bonds. The third-order valence-electron chi connectivity index (χ3n) is 5.08. The molecular formula is C20H25F2N3O4S. The summed E-state index contributed by atoms with van der Waals surface area (Å²) < 4.78 is 61.6. The molecule has 7 nitrogen and oxygen atoms in total. The van der Waals surface area contributed by atoms with Gasteiger partial charge in [0.1, 0.15) is 11.5 Å². The van der Waals surface area contributed by atoms with Crippen molar-refractivity contribution in [1.82, 2.24) is 4.90 Å². The van der Waals surface area contributed by atoms with Crippen molar-refractivity contribution in [3.63, 3.8) is 0 Å². The fourth-order valence-corrected chi connectivity index (χ4v) is 4.45. The number of methoxy groups -OCH3 is 1. The number of anilines is 2. The first-order chi connectivity index (χ1) is 14.2. The third-order valence-corrected chi connectivity index (χ3v) is 6.88. The molecule has 0 radical (unpaired) electrons. The lowest BCUT2D eigenvalue weighted by atomic mass is 10.2. The number of halogens is 2. The normalized spacial score (nSPS) is 15.3. The van der Waals surface area contributed by atoms with Crippen molar-refractivity contribution in [2.24, 2.45) is 0 Å². The maximum absolute atomic E-state index is 13.0. The van der Waals surface area contributed by atoms with Gasteiger partial charge in [-0.05, 0) is 49.5 Å². The smallest absolute Gasteiger partial charge is 0.387 e. The van der Waals surface area contributed by atoms with Gasteiger partial charge in [0.25, 0.3) is 10.0 Å². The lowest BCUT2D eigenvalue weighted by Gasteiger charge is -2.35. The summed E-state index contributed by atoms with van der Waals surface area (Å²) in [6.45, 7) is 0.433. The second kappa shape index (κ2) is 9.05. The lowest BCUT2D eigenvalue weighted by Crippen LogP contribution is -2.44. The minimum atomic E-state index is -3.89. The van der Waals surface area contributed by atoms with Gasteiger partial charge < -0.3 is 19.3 Å². The molecule has 3 rings (SSSR count). The molecule has 164 valence electrons. The lowest BCUT2D eigenvalue weighted by molar-refractivity contribution is -0.0498. The number of benzene rings is 2. The number of hydrogen-bond donors (Lipinski definition) is 0. The SMILES string of the molecule is COc1ccc(N(C)S(=O)(=O)c2ccc(OC(F)F)cc2)cc1N1CCN(C)CC1. The number of rotatable bonds is 7. The van der Waals surface area contributed by atoms with Crippen molar-refractivity contribution in [3.05, 3.63) is 42.5 Å². The van der Waals surface area contributed by atoms with Crippen LogP contribution in [0.25, 0.3) is 0 Å². The first-order valence-electron chi connectivity index (χ1n) is 9.37. The Labute approximate surface area is 175 Å². The van der Waals surface area contributed by atoms with Crippen molar-refractivity contribution in [3.8, 4) is 11.5 Å². The molecule has 0 bridgehead atoms. The average Bonchev–Trinajstić information content (AvgIpc) is 2.73. The summed E-state index contributed by atoms with van der Waals surface area (Å²) in [5, 5.41) is 0. The van der Waals surface area contributed by atoms with Gasteiger partial charge in [0.15, 0.2) is 0 Å². The predicted octanol–water partition coefficient (Wildman–Crippen LogP) is 2.87. The minimum absolute atomic E-state index is 0.0245. The van der Waals surface area contributed by atoms with E-state index in [-0.39, 0.29) is 10.6 Å². The van der Waals surface area contributed by atoms with Gasteiger partial charge in [-0.15, -0.1) is 0 Å². The molecule has 0 aromatic heterocycles. The van der Waals surface area contributed by atoms with E-state index in [1.165, 1.54) is 31.3 Å². The van der Waals surface area contributed by atoms with E-state index in [1.807, 2.05) is 0 Å². The number of alkyl halides is 2. The highest BCUT2D eigenvalue weighted by Crippen LogP contribution is 2.34. The van der Waals surface area contributed by atoms with Crippen LogP contribution in [0.3, 0.4) is 0 Å². The van der Waals surface area contributed by atoms with E-state index >= 15 is 0 Å². The van der Waals surface area contributed by atoms with Crippen LogP contribution < -0.4 is 18.7 Å². The molecule has 1 heterocycles. The van der Waals surface area contributed by atoms with Crippen LogP contribution in [0, 0.1) is 0 Å². The highest BCUT2D eigenvalue weighted by Gasteiger charge is 2.24. The van der Waals surface area contributed by atoms with Crippen molar-refractivity contribution in [2.75, 3.05) is 56.6 Å². The Morgan fingerprint density at radius 1 is 1.03 bits per heavy atom. The maximum Gasteiger partial charge on any atom is 0.387 e. The van der Waals surface area contributed by atoms with Crippen LogP contribution in [0.2, 0.25) is 0 Å². The highest BCUT2D eigenvalue weighted by molar-refractivity contribution is 7.92. The first kappa shape index (κ1) is 22.1. The Balaban J connectivity index is 1.88. The quantitative estimate of drug-likeness (QED) is 0.659. The van der Waals surface area contributed by atoms with Crippen LogP contribution in [0.1, 0.15) is 0 Å². The monoisotopic (exact) mass is 441 g/mol. The summed E-state index contributed by atoms with van der Waals surface area (Å²) in [6.07, 6.45) is 0. The maximum atomic E-state index is 13.0. The van der Waals surface area contributed by atoms with Gasteiger partial charge in [0, 0.05) is 33.2 Å². The molecule has 1 fully saturated rings. The molecule has 0 saturated carbocycles. The van der Waals surface area contributed by atoms with Gasteiger partial charge in [-0.25, -0.2) is 8.42 Å². The largest absolute Gasteiger partial charge is 0.495 e. The van der Waals surface area contributed by atoms with E-state index in [1.54, 1.807) is 25.3 Å². The number of sulfonamides is 1. The van der Waals surface area contributed by atoms with Gasteiger partial charge in [-0.3, -0.25) is 4.31 Å². The number of nitrogens with zero attached hydrogens (tertiary/aromatic N) is 3. The summed E-state index contributed by atoms with van der Waals surface area (Å²) in [7, 11) is 1.20. The standard InChI is InChI=1S/C20H25F2N3O4S/c1-23-10-12-25(13-11-23)18-14-15(4-9-19(18)28-3)24(2)30(26,27)17-7-5-16(6-8-17)29-20(21)22/h4-9,14,20H,10-13H2,1-3H3. The van der Waals surface area contributed by atoms with Crippen LogP contribution in [0.4, 0.5) is 20.2 Å². The Morgan fingerprint density at radius 2 is 1.67 bits per heavy atom. The summed E-state index contributed by atoms with van der Waals surface area (Å²) in [5.41, 5.74) is 1.29. The summed E-state index contributed by atoms with van der Waals surface area (Å²) in [4.78, 5) is 4.37. The summed E-state index contributed by atoms with van der Waals surface area (Å²) >= 11 is 0. The minimum Gasteiger partial charge on any atom is -0.495 e. The van der Waals surface area contributed by atoms with Crippen LogP contribution in [-0.2, 0) is 10.0 Å². The third kappa shape index (κ3) is 4.76. The van der Waals surface area contributed by atoms with E-state index in [4.69, 9.17) is 4.74 Å². The van der Waals surface area contributed by atoms with Crippen molar-refractivity contribution in [2.45, 2.75) is 11.5 Å². The van der Waals surface area contributed by atoms with Gasteiger partial charge in [0.05, 0.1) is 23.4 Å². The Hall–Kier alpha value is -2.59.